The van der Waals surface area contributed by atoms with Crippen molar-refractivity contribution < 1.29 is 24.0 Å². The normalized spacial score (nSPS) is 12.4. The molecule has 0 aliphatic carbocycles. The van der Waals surface area contributed by atoms with Gasteiger partial charge in [0.2, 0.25) is 0 Å². The number of imide groups is 1. The van der Waals surface area contributed by atoms with Gasteiger partial charge in [-0.2, -0.15) is 0 Å². The zero-order chi connectivity index (χ0) is 25.4. The van der Waals surface area contributed by atoms with E-state index in [0.717, 1.165) is 10.6 Å². The van der Waals surface area contributed by atoms with Crippen LogP contribution in [0.25, 0.3) is 0 Å². The molecule has 3 aromatic carbocycles. The summed E-state index contributed by atoms with van der Waals surface area (Å²) in [7, 11) is 0. The molecule has 1 aliphatic heterocycles. The molecule has 4 aromatic rings. The number of carbonyl (C=O) groups excluding carboxylic acids is 3. The number of non-ortho nitro benzene ring substituents is 1. The summed E-state index contributed by atoms with van der Waals surface area (Å²) in [6.45, 7) is 1.83. The first-order chi connectivity index (χ1) is 17.3. The molecule has 0 spiro atoms. The molecule has 0 bridgehead atoms. The van der Waals surface area contributed by atoms with Gasteiger partial charge in [0, 0.05) is 23.1 Å². The lowest BCUT2D eigenvalue weighted by Gasteiger charge is -2.14. The summed E-state index contributed by atoms with van der Waals surface area (Å²) in [6.07, 6.45) is 0. The minimum atomic E-state index is -0.528. The second-order valence-electron chi connectivity index (χ2n) is 7.80. The summed E-state index contributed by atoms with van der Waals surface area (Å²) in [5.41, 5.74) is 1.78. The third kappa shape index (κ3) is 4.30. The number of anilines is 2. The zero-order valence-corrected chi connectivity index (χ0v) is 19.4. The van der Waals surface area contributed by atoms with Crippen molar-refractivity contribution >= 4 is 45.6 Å². The minimum Gasteiger partial charge on any atom is -0.457 e. The number of aryl methyl sites for hydroxylation is 1. The number of nitrogens with zero attached hydrogens (tertiary/aromatic N) is 3. The maximum absolute atomic E-state index is 13.1. The number of nitrogens with one attached hydrogen (secondary N) is 1. The monoisotopic (exact) mass is 500 g/mol. The Balaban J connectivity index is 1.33. The summed E-state index contributed by atoms with van der Waals surface area (Å²) in [5.74, 6) is -0.732. The molecule has 0 unspecified atom stereocenters. The smallest absolute Gasteiger partial charge is 0.269 e. The zero-order valence-electron chi connectivity index (χ0n) is 18.6. The average Bonchev–Trinajstić information content (AvgIpc) is 3.39. The van der Waals surface area contributed by atoms with Crippen molar-refractivity contribution in [2.75, 3.05) is 10.2 Å². The summed E-state index contributed by atoms with van der Waals surface area (Å²) in [6, 6.07) is 16.1. The van der Waals surface area contributed by atoms with E-state index in [9.17, 15) is 24.5 Å². The molecule has 1 aromatic heterocycles. The molecule has 5 rings (SSSR count). The summed E-state index contributed by atoms with van der Waals surface area (Å²) >= 11 is 1.32. The molecule has 0 atom stereocenters. The highest BCUT2D eigenvalue weighted by Crippen LogP contribution is 2.33. The van der Waals surface area contributed by atoms with Gasteiger partial charge in [-0.25, -0.2) is 9.88 Å². The second-order valence-corrected chi connectivity index (χ2v) is 8.66. The topological polar surface area (TPSA) is 132 Å². The molecule has 0 fully saturated rings. The van der Waals surface area contributed by atoms with Crippen molar-refractivity contribution in [3.8, 4) is 11.5 Å². The number of ether oxygens (including phenoxy) is 1. The van der Waals surface area contributed by atoms with Gasteiger partial charge in [0.25, 0.3) is 23.4 Å². The summed E-state index contributed by atoms with van der Waals surface area (Å²) < 4.78 is 5.70. The summed E-state index contributed by atoms with van der Waals surface area (Å²) in [4.78, 5) is 54.0. The molecule has 3 amide bonds. The Kier molecular flexibility index (Phi) is 5.74. The maximum atomic E-state index is 13.1. The number of amides is 3. The number of nitro benzene ring substituents is 1. The van der Waals surface area contributed by atoms with Gasteiger partial charge in [0.1, 0.15) is 11.5 Å². The van der Waals surface area contributed by atoms with Crippen LogP contribution < -0.4 is 15.0 Å². The first-order valence-electron chi connectivity index (χ1n) is 10.6. The fourth-order valence-corrected chi connectivity index (χ4v) is 4.32. The molecule has 10 nitrogen and oxygen atoms in total. The van der Waals surface area contributed by atoms with Crippen LogP contribution in [0, 0.1) is 17.0 Å². The van der Waals surface area contributed by atoms with Crippen LogP contribution in [-0.4, -0.2) is 27.6 Å². The highest BCUT2D eigenvalue weighted by Gasteiger charge is 2.37. The Labute approximate surface area is 207 Å². The summed E-state index contributed by atoms with van der Waals surface area (Å²) in [5, 5.41) is 15.8. The first-order valence-corrected chi connectivity index (χ1v) is 11.5. The van der Waals surface area contributed by atoms with Crippen LogP contribution in [0.3, 0.4) is 0 Å². The van der Waals surface area contributed by atoms with E-state index in [0.29, 0.717) is 27.9 Å². The van der Waals surface area contributed by atoms with E-state index in [1.165, 1.54) is 72.0 Å². The molecule has 1 N–H and O–H groups in total. The third-order valence-electron chi connectivity index (χ3n) is 5.37. The van der Waals surface area contributed by atoms with Crippen LogP contribution >= 0.6 is 11.3 Å². The lowest BCUT2D eigenvalue weighted by molar-refractivity contribution is -0.384. The van der Waals surface area contributed by atoms with Crippen molar-refractivity contribution in [3.05, 3.63) is 105 Å². The number of aromatic nitrogens is 1. The maximum Gasteiger partial charge on any atom is 0.269 e. The number of hydrogen-bond acceptors (Lipinski definition) is 8. The molecule has 0 saturated heterocycles. The molecule has 1 aliphatic rings. The van der Waals surface area contributed by atoms with Crippen LogP contribution in [0.4, 0.5) is 16.5 Å². The molecule has 11 heteroatoms. The molecular formula is C25H16N4O6S. The van der Waals surface area contributed by atoms with Crippen molar-refractivity contribution in [1.82, 2.24) is 4.98 Å². The minimum absolute atomic E-state index is 0.0745. The highest BCUT2D eigenvalue weighted by atomic mass is 32.1. The Morgan fingerprint density at radius 1 is 0.972 bits per heavy atom. The largest absolute Gasteiger partial charge is 0.457 e. The van der Waals surface area contributed by atoms with E-state index in [-0.39, 0.29) is 22.7 Å². The van der Waals surface area contributed by atoms with E-state index in [4.69, 9.17) is 4.74 Å². The number of thiazole rings is 1. The van der Waals surface area contributed by atoms with Crippen molar-refractivity contribution in [3.63, 3.8) is 0 Å². The predicted octanol–water partition coefficient (Wildman–Crippen LogP) is 5.20. The molecular weight excluding hydrogens is 484 g/mol. The van der Waals surface area contributed by atoms with Gasteiger partial charge in [-0.1, -0.05) is 0 Å². The number of hydrogen-bond donors (Lipinski definition) is 1. The lowest BCUT2D eigenvalue weighted by atomic mass is 10.1. The third-order valence-corrected chi connectivity index (χ3v) is 6.24. The highest BCUT2D eigenvalue weighted by molar-refractivity contribution is 7.13. The SMILES string of the molecule is Cc1csc(NC(=O)c2ccc(N3C(=O)c4ccc(Oc5ccc([N+](=O)[O-])cc5)cc4C3=O)cc2)n1. The Bertz CT molecular complexity index is 1530. The van der Waals surface area contributed by atoms with Crippen LogP contribution in [0.2, 0.25) is 0 Å². The van der Waals surface area contributed by atoms with Crippen molar-refractivity contribution in [2.24, 2.45) is 0 Å². The average molecular weight is 500 g/mol. The van der Waals surface area contributed by atoms with E-state index in [1.54, 1.807) is 6.07 Å². The molecule has 178 valence electrons. The lowest BCUT2D eigenvalue weighted by Crippen LogP contribution is -2.29. The predicted molar refractivity (Wildman–Crippen MR) is 132 cm³/mol. The second kappa shape index (κ2) is 9.04. The van der Waals surface area contributed by atoms with E-state index >= 15 is 0 Å². The van der Waals surface area contributed by atoms with Gasteiger partial charge < -0.3 is 4.74 Å². The Morgan fingerprint density at radius 2 is 1.64 bits per heavy atom. The Hall–Kier alpha value is -4.90. The molecule has 2 heterocycles. The fraction of sp³-hybridized carbons (Fsp3) is 0.0400. The van der Waals surface area contributed by atoms with Crippen LogP contribution in [0.1, 0.15) is 36.8 Å². The number of benzene rings is 3. The fourth-order valence-electron chi connectivity index (χ4n) is 3.63. The van der Waals surface area contributed by atoms with E-state index < -0.39 is 16.7 Å². The van der Waals surface area contributed by atoms with Gasteiger partial charge in [0.15, 0.2) is 5.13 Å². The quantitative estimate of drug-likeness (QED) is 0.218. The van der Waals surface area contributed by atoms with Gasteiger partial charge in [0.05, 0.1) is 27.4 Å². The molecule has 36 heavy (non-hydrogen) atoms. The van der Waals surface area contributed by atoms with Crippen LogP contribution in [0.15, 0.2) is 72.1 Å². The number of carbonyl (C=O) groups is 3. The van der Waals surface area contributed by atoms with Gasteiger partial charge in [-0.05, 0) is 61.5 Å². The Morgan fingerprint density at radius 3 is 2.28 bits per heavy atom. The van der Waals surface area contributed by atoms with E-state index in [1.807, 2.05) is 12.3 Å². The number of fused-ring (bicyclic) bond motifs is 1. The molecule has 0 radical (unpaired) electrons. The van der Waals surface area contributed by atoms with E-state index in [2.05, 4.69) is 10.3 Å². The first kappa shape index (κ1) is 22.9. The van der Waals surface area contributed by atoms with Gasteiger partial charge in [-0.3, -0.25) is 29.8 Å². The van der Waals surface area contributed by atoms with Crippen LogP contribution in [-0.2, 0) is 0 Å². The number of nitro groups is 1. The van der Waals surface area contributed by atoms with Crippen LogP contribution in [0.5, 0.6) is 11.5 Å². The van der Waals surface area contributed by atoms with Gasteiger partial charge >= 0.3 is 0 Å². The standard InChI is InChI=1S/C25H16N4O6S/c1-14-13-36-25(26-14)27-22(30)15-2-4-16(5-3-15)28-23(31)20-11-10-19(12-21(20)24(28)32)35-18-8-6-17(7-9-18)29(33)34/h2-13H,1H3,(H,26,27,30). The van der Waals surface area contributed by atoms with Gasteiger partial charge in [-0.15, -0.1) is 11.3 Å². The van der Waals surface area contributed by atoms with Crippen molar-refractivity contribution in [2.45, 2.75) is 6.92 Å². The number of rotatable bonds is 6. The van der Waals surface area contributed by atoms with Crippen molar-refractivity contribution in [1.29, 1.82) is 0 Å². The molecule has 0 saturated carbocycles.